The van der Waals surface area contributed by atoms with Crippen LogP contribution in [-0.2, 0) is 41.7 Å². The summed E-state index contributed by atoms with van der Waals surface area (Å²) in [6.07, 6.45) is 2.16. The molecule has 1 saturated heterocycles. The van der Waals surface area contributed by atoms with Crippen LogP contribution in [0.1, 0.15) is 62.2 Å². The highest BCUT2D eigenvalue weighted by Gasteiger charge is 2.39. The van der Waals surface area contributed by atoms with Gasteiger partial charge in [-0.3, -0.25) is 34.3 Å². The smallest absolute Gasteiger partial charge is 0.255 e. The second-order valence-corrected chi connectivity index (χ2v) is 15.8. The lowest BCUT2D eigenvalue weighted by atomic mass is 9.95. The molecule has 4 aromatic carbocycles. The number of aliphatic imine (C=N–C) groups is 1. The second kappa shape index (κ2) is 20.9. The molecule has 19 heteroatoms. The molecule has 0 bridgehead atoms. The quantitative estimate of drug-likeness (QED) is 0.0617. The Labute approximate surface area is 382 Å². The Morgan fingerprint density at radius 1 is 0.818 bits per heavy atom. The first-order valence-corrected chi connectivity index (χ1v) is 21.5. The molecule has 1 aromatic heterocycles. The van der Waals surface area contributed by atoms with Gasteiger partial charge in [-0.15, -0.1) is 0 Å². The summed E-state index contributed by atoms with van der Waals surface area (Å²) >= 11 is 6.33. The molecule has 66 heavy (non-hydrogen) atoms. The summed E-state index contributed by atoms with van der Waals surface area (Å²) in [5, 5.41) is 11.4. The maximum absolute atomic E-state index is 14.9. The van der Waals surface area contributed by atoms with Gasteiger partial charge in [-0.2, -0.15) is 0 Å². The highest BCUT2D eigenvalue weighted by atomic mass is 35.5. The van der Waals surface area contributed by atoms with Gasteiger partial charge in [0.05, 0.1) is 69.6 Å². The van der Waals surface area contributed by atoms with Crippen LogP contribution < -0.4 is 21.3 Å². The van der Waals surface area contributed by atoms with Crippen LogP contribution in [0.2, 0.25) is 5.02 Å². The fourth-order valence-electron chi connectivity index (χ4n) is 7.68. The van der Waals surface area contributed by atoms with Gasteiger partial charge in [0.15, 0.2) is 0 Å². The predicted molar refractivity (Wildman–Crippen MR) is 238 cm³/mol. The van der Waals surface area contributed by atoms with E-state index in [9.17, 15) is 32.8 Å². The van der Waals surface area contributed by atoms with Crippen LogP contribution >= 0.6 is 11.6 Å². The molecule has 0 spiro atoms. The van der Waals surface area contributed by atoms with E-state index in [0.29, 0.717) is 75.3 Å². The highest BCUT2D eigenvalue weighted by molar-refractivity contribution is 6.31. The molecule has 4 N–H and O–H groups in total. The Morgan fingerprint density at radius 2 is 1.53 bits per heavy atom. The summed E-state index contributed by atoms with van der Waals surface area (Å²) < 4.78 is 46.4. The number of ether oxygens (including phenoxy) is 3. The number of carbonyl (C=O) groups is 5. The van der Waals surface area contributed by atoms with Crippen molar-refractivity contribution in [2.24, 2.45) is 4.99 Å². The lowest BCUT2D eigenvalue weighted by molar-refractivity contribution is -0.137. The van der Waals surface area contributed by atoms with Gasteiger partial charge >= 0.3 is 0 Å². The van der Waals surface area contributed by atoms with Gasteiger partial charge in [0.1, 0.15) is 17.7 Å². The number of nitrogens with one attached hydrogen (secondary N) is 4. The molecule has 0 saturated carbocycles. The summed E-state index contributed by atoms with van der Waals surface area (Å²) in [6, 6.07) is 19.7. The number of aromatic nitrogens is 2. The van der Waals surface area contributed by atoms with Crippen molar-refractivity contribution in [2.45, 2.75) is 38.4 Å². The minimum atomic E-state index is -0.744. The standard InChI is InChI=1S/C47H43ClF2N8O8/c48-30-6-10-34-35(23-30)43(41-36(49)2-1-3-37(41)50)52-24-29-25-53-47(57-42(29)34)55-31-7-4-27(5-8-31)44(61)51-15-17-65-19-21-66-20-18-64-16-14-40(60)54-32-9-11-33-28(22-32)26-58(46(33)63)38-12-13-39(59)56-45(38)62/h1-11,22-23,25,38H,12-21,24,26H2,(H,51,61)(H,54,60)(H,53,55,57)(H,56,59,62). The van der Waals surface area contributed by atoms with Crippen molar-refractivity contribution in [3.8, 4) is 11.3 Å². The van der Waals surface area contributed by atoms with E-state index < -0.39 is 23.6 Å². The summed E-state index contributed by atoms with van der Waals surface area (Å²) in [7, 11) is 0. The molecule has 0 aliphatic carbocycles. The molecule has 5 amide bonds. The first-order chi connectivity index (χ1) is 32.0. The van der Waals surface area contributed by atoms with E-state index in [4.69, 9.17) is 30.8 Å². The van der Waals surface area contributed by atoms with E-state index in [1.165, 1.54) is 23.1 Å². The maximum Gasteiger partial charge on any atom is 0.255 e. The number of amides is 5. The molecular weight excluding hydrogens is 878 g/mol. The molecule has 340 valence electrons. The molecular formula is C47H43ClF2N8O8. The van der Waals surface area contributed by atoms with Gasteiger partial charge < -0.3 is 35.1 Å². The normalized spacial score (nSPS) is 15.3. The van der Waals surface area contributed by atoms with E-state index in [1.54, 1.807) is 66.9 Å². The van der Waals surface area contributed by atoms with E-state index in [-0.39, 0.29) is 99.6 Å². The molecule has 0 radical (unpaired) electrons. The number of benzene rings is 4. The Bertz CT molecular complexity index is 2700. The number of fused-ring (bicyclic) bond motifs is 4. The van der Waals surface area contributed by atoms with Gasteiger partial charge in [-0.25, -0.2) is 18.7 Å². The van der Waals surface area contributed by atoms with Gasteiger partial charge in [-0.05, 0) is 78.7 Å². The average molecular weight is 921 g/mol. The maximum atomic E-state index is 14.9. The van der Waals surface area contributed by atoms with Crippen molar-refractivity contribution < 1.29 is 47.0 Å². The van der Waals surface area contributed by atoms with Gasteiger partial charge in [-0.1, -0.05) is 23.7 Å². The number of hydrogen-bond donors (Lipinski definition) is 4. The van der Waals surface area contributed by atoms with Crippen molar-refractivity contribution in [1.82, 2.24) is 25.5 Å². The zero-order valence-electron chi connectivity index (χ0n) is 35.3. The van der Waals surface area contributed by atoms with Crippen LogP contribution in [0.15, 0.2) is 90.1 Å². The van der Waals surface area contributed by atoms with Crippen LogP contribution in [-0.4, -0.2) is 102 Å². The van der Waals surface area contributed by atoms with E-state index in [1.807, 2.05) is 0 Å². The number of carbonyl (C=O) groups excluding carboxylic acids is 5. The second-order valence-electron chi connectivity index (χ2n) is 15.4. The fourth-order valence-corrected chi connectivity index (χ4v) is 7.85. The third kappa shape index (κ3) is 10.7. The monoisotopic (exact) mass is 920 g/mol. The van der Waals surface area contributed by atoms with E-state index >= 15 is 0 Å². The first-order valence-electron chi connectivity index (χ1n) is 21.1. The summed E-state index contributed by atoms with van der Waals surface area (Å²) in [6.45, 7) is 2.21. The van der Waals surface area contributed by atoms with Crippen LogP contribution in [0.25, 0.3) is 11.3 Å². The number of anilines is 3. The van der Waals surface area contributed by atoms with E-state index in [2.05, 4.69) is 31.2 Å². The van der Waals surface area contributed by atoms with Gasteiger partial charge in [0, 0.05) is 69.9 Å². The van der Waals surface area contributed by atoms with Crippen molar-refractivity contribution in [3.05, 3.63) is 135 Å². The Kier molecular flexibility index (Phi) is 14.4. The number of rotatable bonds is 18. The van der Waals surface area contributed by atoms with Crippen molar-refractivity contribution in [3.63, 3.8) is 0 Å². The Balaban J connectivity index is 0.695. The molecule has 5 aromatic rings. The minimum Gasteiger partial charge on any atom is -0.379 e. The van der Waals surface area contributed by atoms with E-state index in [0.717, 1.165) is 0 Å². The number of imide groups is 1. The molecule has 16 nitrogen and oxygen atoms in total. The zero-order chi connectivity index (χ0) is 46.2. The number of piperidine rings is 1. The van der Waals surface area contributed by atoms with Crippen LogP contribution in [0.4, 0.5) is 26.1 Å². The molecule has 1 unspecified atom stereocenters. The summed E-state index contributed by atoms with van der Waals surface area (Å²) in [5.74, 6) is -2.88. The van der Waals surface area contributed by atoms with Gasteiger partial charge in [0.2, 0.25) is 23.7 Å². The minimum absolute atomic E-state index is 0.0837. The van der Waals surface area contributed by atoms with Crippen molar-refractivity contribution in [2.75, 3.05) is 56.8 Å². The van der Waals surface area contributed by atoms with Crippen LogP contribution in [0.3, 0.4) is 0 Å². The Morgan fingerprint density at radius 3 is 2.29 bits per heavy atom. The highest BCUT2D eigenvalue weighted by Crippen LogP contribution is 2.35. The SMILES string of the molecule is O=C1CCC(N2Cc3cc(NC(=O)CCOCCOCCOCCNC(=O)c4ccc(Nc5ncc6c(n5)-c5ccc(Cl)cc5C(c5c(F)cccc5F)=NC6)cc4)ccc3C2=O)C(=O)N1. The summed E-state index contributed by atoms with van der Waals surface area (Å²) in [5.41, 5.74) is 4.81. The first kappa shape index (κ1) is 45.6. The topological polar surface area (TPSA) is 203 Å². The Hall–Kier alpha value is -6.99. The molecule has 4 heterocycles. The van der Waals surface area contributed by atoms with Crippen LogP contribution in [0, 0.1) is 11.6 Å². The number of nitrogens with zero attached hydrogens (tertiary/aromatic N) is 4. The average Bonchev–Trinajstić information content (AvgIpc) is 3.53. The zero-order valence-corrected chi connectivity index (χ0v) is 36.1. The lowest BCUT2D eigenvalue weighted by Crippen LogP contribution is -2.52. The molecule has 8 rings (SSSR count). The molecule has 3 aliphatic heterocycles. The molecule has 1 atom stereocenters. The fraction of sp³-hybridized carbons (Fsp3) is 0.277. The van der Waals surface area contributed by atoms with Crippen molar-refractivity contribution >= 4 is 64.2 Å². The van der Waals surface area contributed by atoms with Crippen LogP contribution in [0.5, 0.6) is 0 Å². The summed E-state index contributed by atoms with van der Waals surface area (Å²) in [4.78, 5) is 77.1. The molecule has 1 fully saturated rings. The third-order valence-corrected chi connectivity index (χ3v) is 11.2. The molecule has 3 aliphatic rings. The third-order valence-electron chi connectivity index (χ3n) is 10.9. The number of halogens is 3. The number of hydrogen-bond acceptors (Lipinski definition) is 12. The van der Waals surface area contributed by atoms with Crippen molar-refractivity contribution in [1.29, 1.82) is 0 Å². The largest absolute Gasteiger partial charge is 0.379 e. The predicted octanol–water partition coefficient (Wildman–Crippen LogP) is 5.74. The lowest BCUT2D eigenvalue weighted by Gasteiger charge is -2.29. The van der Waals surface area contributed by atoms with Gasteiger partial charge in [0.25, 0.3) is 11.8 Å².